The minimum Gasteiger partial charge on any atom is -0.375 e. The number of nitrogens with one attached hydrogen (secondary N) is 1. The standard InChI is InChI=1S/C8H18N2O/c1-8(2)7(3-5-10-8)11-6-4-9/h7,10H,3-6,9H2,1-2H3. The van der Waals surface area contributed by atoms with E-state index in [1.54, 1.807) is 0 Å². The van der Waals surface area contributed by atoms with Gasteiger partial charge in [-0.05, 0) is 26.8 Å². The summed E-state index contributed by atoms with van der Waals surface area (Å²) >= 11 is 0. The summed E-state index contributed by atoms with van der Waals surface area (Å²) in [6.07, 6.45) is 1.44. The highest BCUT2D eigenvalue weighted by molar-refractivity contribution is 4.93. The third-order valence-corrected chi connectivity index (χ3v) is 2.23. The second kappa shape index (κ2) is 3.52. The molecule has 0 aromatic heterocycles. The molecule has 0 bridgehead atoms. The summed E-state index contributed by atoms with van der Waals surface area (Å²) in [5.74, 6) is 0. The first-order valence-corrected chi connectivity index (χ1v) is 4.23. The van der Waals surface area contributed by atoms with Crippen molar-refractivity contribution < 1.29 is 4.74 Å². The van der Waals surface area contributed by atoms with Crippen LogP contribution < -0.4 is 11.1 Å². The molecule has 0 aromatic carbocycles. The third-order valence-electron chi connectivity index (χ3n) is 2.23. The first kappa shape index (κ1) is 8.97. The summed E-state index contributed by atoms with van der Waals surface area (Å²) in [5.41, 5.74) is 5.48. The lowest BCUT2D eigenvalue weighted by molar-refractivity contribution is 0.0252. The Kier molecular flexibility index (Phi) is 2.87. The van der Waals surface area contributed by atoms with Gasteiger partial charge in [0.2, 0.25) is 0 Å². The zero-order valence-corrected chi connectivity index (χ0v) is 7.39. The van der Waals surface area contributed by atoms with Crippen molar-refractivity contribution >= 4 is 0 Å². The van der Waals surface area contributed by atoms with Crippen LogP contribution in [0.25, 0.3) is 0 Å². The van der Waals surface area contributed by atoms with Crippen LogP contribution in [0, 0.1) is 0 Å². The Morgan fingerprint density at radius 2 is 2.36 bits per heavy atom. The lowest BCUT2D eigenvalue weighted by Crippen LogP contribution is -2.43. The van der Waals surface area contributed by atoms with E-state index < -0.39 is 0 Å². The maximum absolute atomic E-state index is 5.58. The number of nitrogens with two attached hydrogens (primary N) is 1. The molecule has 1 heterocycles. The second-order valence-corrected chi connectivity index (χ2v) is 3.59. The molecule has 1 unspecified atom stereocenters. The molecule has 0 aliphatic carbocycles. The normalized spacial score (nSPS) is 29.2. The van der Waals surface area contributed by atoms with E-state index in [0.717, 1.165) is 13.0 Å². The van der Waals surface area contributed by atoms with E-state index in [1.165, 1.54) is 0 Å². The topological polar surface area (TPSA) is 47.3 Å². The zero-order valence-electron chi connectivity index (χ0n) is 7.39. The Morgan fingerprint density at radius 3 is 2.82 bits per heavy atom. The van der Waals surface area contributed by atoms with E-state index in [0.29, 0.717) is 19.3 Å². The maximum Gasteiger partial charge on any atom is 0.0763 e. The summed E-state index contributed by atoms with van der Waals surface area (Å²) in [6.45, 7) is 6.69. The van der Waals surface area contributed by atoms with Gasteiger partial charge < -0.3 is 15.8 Å². The Morgan fingerprint density at radius 1 is 1.64 bits per heavy atom. The molecule has 0 radical (unpaired) electrons. The van der Waals surface area contributed by atoms with Gasteiger partial charge in [0.05, 0.1) is 12.7 Å². The highest BCUT2D eigenvalue weighted by Crippen LogP contribution is 2.21. The van der Waals surface area contributed by atoms with Crippen LogP contribution >= 0.6 is 0 Å². The highest BCUT2D eigenvalue weighted by atomic mass is 16.5. The summed E-state index contributed by atoms with van der Waals surface area (Å²) in [7, 11) is 0. The number of rotatable bonds is 3. The quantitative estimate of drug-likeness (QED) is 0.612. The van der Waals surface area contributed by atoms with E-state index in [2.05, 4.69) is 19.2 Å². The molecule has 3 N–H and O–H groups in total. The predicted molar refractivity (Wildman–Crippen MR) is 45.5 cm³/mol. The van der Waals surface area contributed by atoms with Crippen molar-refractivity contribution in [1.82, 2.24) is 5.32 Å². The van der Waals surface area contributed by atoms with Crippen molar-refractivity contribution in [2.45, 2.75) is 31.9 Å². The molecule has 1 atom stereocenters. The zero-order chi connectivity index (χ0) is 8.32. The van der Waals surface area contributed by atoms with Gasteiger partial charge in [-0.25, -0.2) is 0 Å². The van der Waals surface area contributed by atoms with E-state index in [1.807, 2.05) is 0 Å². The summed E-state index contributed by atoms with van der Waals surface area (Å²) in [6, 6.07) is 0. The van der Waals surface area contributed by atoms with Crippen molar-refractivity contribution in [3.63, 3.8) is 0 Å². The fourth-order valence-electron chi connectivity index (χ4n) is 1.50. The maximum atomic E-state index is 5.58. The van der Waals surface area contributed by atoms with Gasteiger partial charge in [0.25, 0.3) is 0 Å². The molecule has 1 fully saturated rings. The van der Waals surface area contributed by atoms with Crippen molar-refractivity contribution in [3.8, 4) is 0 Å². The van der Waals surface area contributed by atoms with Crippen LogP contribution in [-0.4, -0.2) is 31.3 Å². The lowest BCUT2D eigenvalue weighted by atomic mass is 10.0. The molecule has 0 amide bonds. The lowest BCUT2D eigenvalue weighted by Gasteiger charge is -2.26. The molecule has 3 nitrogen and oxygen atoms in total. The minimum absolute atomic E-state index is 0.134. The van der Waals surface area contributed by atoms with Gasteiger partial charge in [0, 0.05) is 12.1 Å². The smallest absolute Gasteiger partial charge is 0.0763 e. The summed E-state index contributed by atoms with van der Waals surface area (Å²) in [5, 5.41) is 3.39. The van der Waals surface area contributed by atoms with Crippen LogP contribution in [-0.2, 0) is 4.74 Å². The Bertz CT molecular complexity index is 125. The molecular formula is C8H18N2O. The highest BCUT2D eigenvalue weighted by Gasteiger charge is 2.34. The molecule has 3 heteroatoms. The van der Waals surface area contributed by atoms with Crippen molar-refractivity contribution in [1.29, 1.82) is 0 Å². The molecule has 11 heavy (non-hydrogen) atoms. The third kappa shape index (κ3) is 2.15. The van der Waals surface area contributed by atoms with Crippen molar-refractivity contribution in [3.05, 3.63) is 0 Å². The largest absolute Gasteiger partial charge is 0.375 e. The average molecular weight is 158 g/mol. The molecule has 0 aromatic rings. The monoisotopic (exact) mass is 158 g/mol. The van der Waals surface area contributed by atoms with Gasteiger partial charge in [0.1, 0.15) is 0 Å². The van der Waals surface area contributed by atoms with Crippen LogP contribution in [0.5, 0.6) is 0 Å². The summed E-state index contributed by atoms with van der Waals surface area (Å²) in [4.78, 5) is 0. The van der Waals surface area contributed by atoms with Crippen molar-refractivity contribution in [2.75, 3.05) is 19.7 Å². The van der Waals surface area contributed by atoms with Crippen LogP contribution in [0.4, 0.5) is 0 Å². The van der Waals surface area contributed by atoms with E-state index in [9.17, 15) is 0 Å². The van der Waals surface area contributed by atoms with Crippen LogP contribution in [0.1, 0.15) is 20.3 Å². The Labute approximate surface area is 68.3 Å². The number of hydrogen-bond donors (Lipinski definition) is 2. The predicted octanol–water partition coefficient (Wildman–Crippen LogP) is 0.102. The fraction of sp³-hybridized carbons (Fsp3) is 1.00. The van der Waals surface area contributed by atoms with Gasteiger partial charge in [-0.3, -0.25) is 0 Å². The molecule has 1 saturated heterocycles. The number of hydrogen-bond acceptors (Lipinski definition) is 3. The van der Waals surface area contributed by atoms with Gasteiger partial charge in [-0.1, -0.05) is 0 Å². The van der Waals surface area contributed by atoms with E-state index in [4.69, 9.17) is 10.5 Å². The van der Waals surface area contributed by atoms with Crippen LogP contribution in [0.15, 0.2) is 0 Å². The Hall–Kier alpha value is -0.120. The molecule has 0 saturated carbocycles. The second-order valence-electron chi connectivity index (χ2n) is 3.59. The van der Waals surface area contributed by atoms with Gasteiger partial charge in [-0.2, -0.15) is 0 Å². The molecule has 0 spiro atoms. The van der Waals surface area contributed by atoms with Crippen LogP contribution in [0.3, 0.4) is 0 Å². The van der Waals surface area contributed by atoms with E-state index >= 15 is 0 Å². The molecule has 1 rings (SSSR count). The van der Waals surface area contributed by atoms with E-state index in [-0.39, 0.29) is 5.54 Å². The van der Waals surface area contributed by atoms with Gasteiger partial charge >= 0.3 is 0 Å². The van der Waals surface area contributed by atoms with Crippen LogP contribution in [0.2, 0.25) is 0 Å². The molecule has 66 valence electrons. The first-order chi connectivity index (χ1) is 5.17. The van der Waals surface area contributed by atoms with Crippen molar-refractivity contribution in [2.24, 2.45) is 5.73 Å². The average Bonchev–Trinajstić information content (AvgIpc) is 2.25. The molecule has 1 aliphatic rings. The molecular weight excluding hydrogens is 140 g/mol. The Balaban J connectivity index is 2.32. The summed E-state index contributed by atoms with van der Waals surface area (Å²) < 4.78 is 5.58. The minimum atomic E-state index is 0.134. The SMILES string of the molecule is CC1(C)NCCC1OCCN. The number of ether oxygens (including phenoxy) is 1. The molecule has 1 aliphatic heterocycles. The van der Waals surface area contributed by atoms with Gasteiger partial charge in [0.15, 0.2) is 0 Å². The van der Waals surface area contributed by atoms with Gasteiger partial charge in [-0.15, -0.1) is 0 Å². The fourth-order valence-corrected chi connectivity index (χ4v) is 1.50. The first-order valence-electron chi connectivity index (χ1n) is 4.23.